The third-order valence-electron chi connectivity index (χ3n) is 5.90. The molecule has 0 heterocycles. The van der Waals surface area contributed by atoms with E-state index in [9.17, 15) is 0 Å². The van der Waals surface area contributed by atoms with Crippen molar-refractivity contribution < 1.29 is 18.9 Å². The van der Waals surface area contributed by atoms with Crippen molar-refractivity contribution in [2.75, 3.05) is 20.3 Å². The van der Waals surface area contributed by atoms with Gasteiger partial charge in [0.25, 0.3) is 0 Å². The van der Waals surface area contributed by atoms with E-state index >= 15 is 0 Å². The number of methoxy groups -OCH3 is 1. The van der Waals surface area contributed by atoms with Crippen molar-refractivity contribution in [1.29, 1.82) is 0 Å². The van der Waals surface area contributed by atoms with Crippen LogP contribution in [0.15, 0.2) is 103 Å². The zero-order valence-electron chi connectivity index (χ0n) is 20.7. The van der Waals surface area contributed by atoms with Crippen molar-refractivity contribution in [2.24, 2.45) is 0 Å². The summed E-state index contributed by atoms with van der Waals surface area (Å²) < 4.78 is 25.7. The van der Waals surface area contributed by atoms with E-state index in [1.165, 1.54) is 0 Å². The first-order chi connectivity index (χ1) is 18.2. The van der Waals surface area contributed by atoms with Crippen LogP contribution in [0.3, 0.4) is 0 Å². The Morgan fingerprint density at radius 1 is 0.676 bits per heavy atom. The van der Waals surface area contributed by atoms with E-state index in [-0.39, 0.29) is 6.10 Å². The quantitative estimate of drug-likeness (QED) is 0.142. The van der Waals surface area contributed by atoms with Crippen LogP contribution in [0, 0.1) is 3.57 Å². The molecule has 0 aromatic heterocycles. The van der Waals surface area contributed by atoms with Crippen molar-refractivity contribution in [3.63, 3.8) is 0 Å². The van der Waals surface area contributed by atoms with Gasteiger partial charge in [0.2, 0.25) is 0 Å². The van der Waals surface area contributed by atoms with Crippen molar-refractivity contribution in [3.05, 3.63) is 123 Å². The van der Waals surface area contributed by atoms with E-state index in [4.69, 9.17) is 30.5 Å². The molecule has 0 aliphatic rings. The molecule has 4 aromatic rings. The maximum atomic E-state index is 6.70. The van der Waals surface area contributed by atoms with Gasteiger partial charge < -0.3 is 18.9 Å². The van der Waals surface area contributed by atoms with Crippen LogP contribution in [0.2, 0.25) is 5.02 Å². The lowest BCUT2D eigenvalue weighted by molar-refractivity contribution is -0.0821. The topological polar surface area (TPSA) is 36.9 Å². The normalized spacial score (nSPS) is 12.7. The standard InChI is InChI=1S/C31H30ClIO4/c1-34-29(21-35-19-23-11-4-2-5-12-23)30(22-36-20-24-13-6-3-7-14-24)37-28-18-10-16-26(32)31(28)25-15-8-9-17-27(25)33/h2-18,29-30H,19-22H2,1H3/t29-,30+/m0/s1. The molecule has 0 saturated carbocycles. The highest BCUT2D eigenvalue weighted by Crippen LogP contribution is 2.39. The van der Waals surface area contributed by atoms with Gasteiger partial charge in [-0.15, -0.1) is 0 Å². The summed E-state index contributed by atoms with van der Waals surface area (Å²) in [5.74, 6) is 0.676. The summed E-state index contributed by atoms with van der Waals surface area (Å²) in [4.78, 5) is 0. The Labute approximate surface area is 237 Å². The van der Waals surface area contributed by atoms with E-state index < -0.39 is 6.10 Å². The van der Waals surface area contributed by atoms with E-state index in [0.717, 1.165) is 25.8 Å². The SMILES string of the molecule is CO[C@@H](COCc1ccccc1)[C@@H](COCc1ccccc1)Oc1cccc(Cl)c1-c1ccccc1I. The number of benzene rings is 4. The van der Waals surface area contributed by atoms with Gasteiger partial charge in [0.1, 0.15) is 11.9 Å². The Balaban J connectivity index is 1.54. The Hall–Kier alpha value is -2.42. The molecular weight excluding hydrogens is 599 g/mol. The highest BCUT2D eigenvalue weighted by Gasteiger charge is 2.26. The minimum Gasteiger partial charge on any atom is -0.484 e. The minimum absolute atomic E-state index is 0.319. The minimum atomic E-state index is -0.428. The molecule has 0 radical (unpaired) electrons. The Morgan fingerprint density at radius 2 is 1.24 bits per heavy atom. The summed E-state index contributed by atoms with van der Waals surface area (Å²) in [6.45, 7) is 1.63. The average molecular weight is 629 g/mol. The van der Waals surface area contributed by atoms with Crippen LogP contribution in [-0.2, 0) is 27.4 Å². The molecule has 0 bridgehead atoms. The highest BCUT2D eigenvalue weighted by molar-refractivity contribution is 14.1. The number of hydrogen-bond donors (Lipinski definition) is 0. The summed E-state index contributed by atoms with van der Waals surface area (Å²) in [6, 6.07) is 34.0. The predicted molar refractivity (Wildman–Crippen MR) is 157 cm³/mol. The van der Waals surface area contributed by atoms with Crippen LogP contribution >= 0.6 is 34.2 Å². The molecule has 0 unspecified atom stereocenters. The van der Waals surface area contributed by atoms with Gasteiger partial charge in [-0.2, -0.15) is 0 Å². The zero-order valence-corrected chi connectivity index (χ0v) is 23.6. The van der Waals surface area contributed by atoms with Crippen molar-refractivity contribution in [2.45, 2.75) is 25.4 Å². The second-order valence-corrected chi connectivity index (χ2v) is 10.1. The monoisotopic (exact) mass is 628 g/mol. The van der Waals surface area contributed by atoms with Crippen LogP contribution < -0.4 is 4.74 Å². The second-order valence-electron chi connectivity index (χ2n) is 8.52. The van der Waals surface area contributed by atoms with Crippen molar-refractivity contribution in [1.82, 2.24) is 0 Å². The van der Waals surface area contributed by atoms with Gasteiger partial charge >= 0.3 is 0 Å². The first-order valence-electron chi connectivity index (χ1n) is 12.1. The van der Waals surface area contributed by atoms with Gasteiger partial charge in [-0.25, -0.2) is 0 Å². The molecule has 0 spiro atoms. The highest BCUT2D eigenvalue weighted by atomic mass is 127. The van der Waals surface area contributed by atoms with Crippen LogP contribution in [-0.4, -0.2) is 32.5 Å². The second kappa shape index (κ2) is 14.5. The van der Waals surface area contributed by atoms with Gasteiger partial charge in [0, 0.05) is 21.8 Å². The molecule has 0 saturated heterocycles. The van der Waals surface area contributed by atoms with Gasteiger partial charge in [-0.1, -0.05) is 96.5 Å². The van der Waals surface area contributed by atoms with Gasteiger partial charge in [0.15, 0.2) is 6.10 Å². The molecule has 0 amide bonds. The fraction of sp³-hybridized carbons (Fsp3) is 0.226. The smallest absolute Gasteiger partial charge is 0.150 e. The van der Waals surface area contributed by atoms with E-state index in [2.05, 4.69) is 28.7 Å². The van der Waals surface area contributed by atoms with E-state index in [1.807, 2.05) is 97.1 Å². The average Bonchev–Trinajstić information content (AvgIpc) is 2.93. The fourth-order valence-electron chi connectivity index (χ4n) is 3.97. The third kappa shape index (κ3) is 8.03. The maximum Gasteiger partial charge on any atom is 0.150 e. The molecule has 4 aromatic carbocycles. The van der Waals surface area contributed by atoms with Crippen LogP contribution in [0.25, 0.3) is 11.1 Å². The van der Waals surface area contributed by atoms with E-state index in [0.29, 0.717) is 37.2 Å². The maximum absolute atomic E-state index is 6.70. The van der Waals surface area contributed by atoms with Gasteiger partial charge in [-0.05, 0) is 51.9 Å². The summed E-state index contributed by atoms with van der Waals surface area (Å²) in [5.41, 5.74) is 4.06. The molecule has 0 aliphatic carbocycles. The first kappa shape index (κ1) is 27.6. The molecule has 4 rings (SSSR count). The van der Waals surface area contributed by atoms with Crippen molar-refractivity contribution in [3.8, 4) is 16.9 Å². The molecule has 0 aliphatic heterocycles. The Bertz CT molecular complexity index is 1240. The van der Waals surface area contributed by atoms with Crippen molar-refractivity contribution >= 4 is 34.2 Å². The number of rotatable bonds is 13. The molecule has 2 atom stereocenters. The van der Waals surface area contributed by atoms with Crippen LogP contribution in [0.4, 0.5) is 0 Å². The zero-order chi connectivity index (χ0) is 25.9. The Kier molecular flexibility index (Phi) is 10.8. The van der Waals surface area contributed by atoms with Gasteiger partial charge in [0.05, 0.1) is 31.5 Å². The summed E-state index contributed by atoms with van der Waals surface area (Å²) in [7, 11) is 1.67. The number of ether oxygens (including phenoxy) is 4. The Morgan fingerprint density at radius 3 is 1.84 bits per heavy atom. The van der Waals surface area contributed by atoms with Crippen LogP contribution in [0.5, 0.6) is 5.75 Å². The van der Waals surface area contributed by atoms with E-state index in [1.54, 1.807) is 7.11 Å². The molecule has 0 N–H and O–H groups in total. The van der Waals surface area contributed by atoms with Crippen LogP contribution in [0.1, 0.15) is 11.1 Å². The molecule has 4 nitrogen and oxygen atoms in total. The summed E-state index contributed by atoms with van der Waals surface area (Å²) in [5, 5.41) is 0.625. The summed E-state index contributed by atoms with van der Waals surface area (Å²) >= 11 is 9.02. The number of hydrogen-bond acceptors (Lipinski definition) is 4. The predicted octanol–water partition coefficient (Wildman–Crippen LogP) is 7.81. The lowest BCUT2D eigenvalue weighted by atomic mass is 10.0. The number of halogens is 2. The first-order valence-corrected chi connectivity index (χ1v) is 13.6. The van der Waals surface area contributed by atoms with Gasteiger partial charge in [-0.3, -0.25) is 0 Å². The summed E-state index contributed by atoms with van der Waals surface area (Å²) in [6.07, 6.45) is -0.788. The molecular formula is C31H30ClIO4. The fourth-order valence-corrected chi connectivity index (χ4v) is 4.89. The molecule has 6 heteroatoms. The molecule has 0 fully saturated rings. The largest absolute Gasteiger partial charge is 0.484 e. The molecule has 37 heavy (non-hydrogen) atoms. The third-order valence-corrected chi connectivity index (χ3v) is 7.16. The molecule has 192 valence electrons. The lowest BCUT2D eigenvalue weighted by Gasteiger charge is -2.28. The lowest BCUT2D eigenvalue weighted by Crippen LogP contribution is -2.40.